The molecule has 0 amide bonds. The van der Waals surface area contributed by atoms with Crippen LogP contribution in [0.4, 0.5) is 8.78 Å². The van der Waals surface area contributed by atoms with Crippen molar-refractivity contribution in [1.29, 1.82) is 0 Å². The molecule has 0 aromatic heterocycles. The first-order valence-electron chi connectivity index (χ1n) is 5.79. The molecule has 0 N–H and O–H groups in total. The van der Waals surface area contributed by atoms with Crippen LogP contribution < -0.4 is 4.74 Å². The molecule has 0 aliphatic heterocycles. The molecule has 0 saturated carbocycles. The van der Waals surface area contributed by atoms with Crippen LogP contribution >= 0.6 is 10.7 Å². The summed E-state index contributed by atoms with van der Waals surface area (Å²) in [5.41, 5.74) is 0. The van der Waals surface area contributed by atoms with Crippen LogP contribution in [0.2, 0.25) is 0 Å². The van der Waals surface area contributed by atoms with E-state index in [1.807, 2.05) is 13.8 Å². The average molecular weight is 313 g/mol. The maximum atomic E-state index is 13.6. The fourth-order valence-electron chi connectivity index (χ4n) is 1.49. The zero-order valence-electron chi connectivity index (χ0n) is 10.6. The van der Waals surface area contributed by atoms with Gasteiger partial charge in [0.15, 0.2) is 11.6 Å². The molecule has 1 aromatic carbocycles. The number of rotatable bonds is 6. The summed E-state index contributed by atoms with van der Waals surface area (Å²) in [5, 5.41) is 0. The Kier molecular flexibility index (Phi) is 5.55. The lowest BCUT2D eigenvalue weighted by Crippen LogP contribution is -2.05. The SMILES string of the molecule is CC(C)CCCOc1ccc(S(=O)(=O)Cl)c(F)c1F. The van der Waals surface area contributed by atoms with Gasteiger partial charge in [0.05, 0.1) is 6.61 Å². The Labute approximate surface area is 115 Å². The molecule has 19 heavy (non-hydrogen) atoms. The lowest BCUT2D eigenvalue weighted by atomic mass is 10.1. The van der Waals surface area contributed by atoms with Crippen molar-refractivity contribution in [3.8, 4) is 5.75 Å². The lowest BCUT2D eigenvalue weighted by molar-refractivity contribution is 0.278. The molecule has 0 aliphatic carbocycles. The lowest BCUT2D eigenvalue weighted by Gasteiger charge is -2.10. The van der Waals surface area contributed by atoms with Gasteiger partial charge in [-0.3, -0.25) is 0 Å². The first-order chi connectivity index (χ1) is 8.73. The molecule has 0 fully saturated rings. The monoisotopic (exact) mass is 312 g/mol. The molecular weight excluding hydrogens is 298 g/mol. The summed E-state index contributed by atoms with van der Waals surface area (Å²) >= 11 is 0. The highest BCUT2D eigenvalue weighted by atomic mass is 35.7. The van der Waals surface area contributed by atoms with Crippen molar-refractivity contribution < 1.29 is 21.9 Å². The van der Waals surface area contributed by atoms with E-state index in [1.165, 1.54) is 0 Å². The number of benzene rings is 1. The Morgan fingerprint density at radius 2 is 1.89 bits per heavy atom. The molecule has 108 valence electrons. The van der Waals surface area contributed by atoms with E-state index < -0.39 is 25.6 Å². The van der Waals surface area contributed by atoms with Gasteiger partial charge < -0.3 is 4.74 Å². The van der Waals surface area contributed by atoms with Crippen LogP contribution in [-0.4, -0.2) is 15.0 Å². The normalized spacial score (nSPS) is 11.9. The Morgan fingerprint density at radius 3 is 2.42 bits per heavy atom. The van der Waals surface area contributed by atoms with E-state index in [0.717, 1.165) is 18.6 Å². The van der Waals surface area contributed by atoms with E-state index in [-0.39, 0.29) is 12.4 Å². The second-order valence-electron chi connectivity index (χ2n) is 4.51. The number of halogens is 3. The second kappa shape index (κ2) is 6.52. The summed E-state index contributed by atoms with van der Waals surface area (Å²) in [5.74, 6) is -2.68. The molecule has 0 unspecified atom stereocenters. The molecule has 0 bridgehead atoms. The van der Waals surface area contributed by atoms with Crippen molar-refractivity contribution in [2.75, 3.05) is 6.61 Å². The molecule has 1 rings (SSSR count). The predicted molar refractivity (Wildman–Crippen MR) is 69.0 cm³/mol. The molecule has 0 heterocycles. The zero-order valence-corrected chi connectivity index (χ0v) is 12.2. The van der Waals surface area contributed by atoms with Crippen molar-refractivity contribution in [1.82, 2.24) is 0 Å². The van der Waals surface area contributed by atoms with Gasteiger partial charge in [-0.25, -0.2) is 12.8 Å². The van der Waals surface area contributed by atoms with Gasteiger partial charge in [-0.1, -0.05) is 13.8 Å². The van der Waals surface area contributed by atoms with Crippen LogP contribution in [0.15, 0.2) is 17.0 Å². The number of ether oxygens (including phenoxy) is 1. The third kappa shape index (κ3) is 4.62. The number of hydrogen-bond acceptors (Lipinski definition) is 3. The molecule has 0 spiro atoms. The summed E-state index contributed by atoms with van der Waals surface area (Å²) in [4.78, 5) is -0.888. The van der Waals surface area contributed by atoms with Gasteiger partial charge in [0.25, 0.3) is 9.05 Å². The van der Waals surface area contributed by atoms with E-state index in [0.29, 0.717) is 12.3 Å². The van der Waals surface area contributed by atoms with Gasteiger partial charge in [-0.05, 0) is 30.9 Å². The van der Waals surface area contributed by atoms with Gasteiger partial charge in [0.1, 0.15) is 4.90 Å². The van der Waals surface area contributed by atoms with Crippen molar-refractivity contribution >= 4 is 19.7 Å². The molecular formula is C12H15ClF2O3S. The first-order valence-corrected chi connectivity index (χ1v) is 8.10. The Balaban J connectivity index is 2.80. The Hall–Kier alpha value is -0.880. The fourth-order valence-corrected chi connectivity index (χ4v) is 2.38. The minimum Gasteiger partial charge on any atom is -0.490 e. The molecule has 0 atom stereocenters. The molecule has 3 nitrogen and oxygen atoms in total. The summed E-state index contributed by atoms with van der Waals surface area (Å²) in [6.07, 6.45) is 1.60. The van der Waals surface area contributed by atoms with E-state index in [1.54, 1.807) is 0 Å². The molecule has 0 radical (unpaired) electrons. The topological polar surface area (TPSA) is 43.4 Å². The summed E-state index contributed by atoms with van der Waals surface area (Å²) < 4.78 is 54.1. The van der Waals surface area contributed by atoms with Gasteiger partial charge in [-0.2, -0.15) is 4.39 Å². The van der Waals surface area contributed by atoms with Crippen molar-refractivity contribution in [2.45, 2.75) is 31.6 Å². The highest BCUT2D eigenvalue weighted by Gasteiger charge is 2.22. The Bertz CT molecular complexity index is 544. The quantitative estimate of drug-likeness (QED) is 0.594. The first kappa shape index (κ1) is 16.2. The smallest absolute Gasteiger partial charge is 0.264 e. The van der Waals surface area contributed by atoms with E-state index in [4.69, 9.17) is 15.4 Å². The van der Waals surface area contributed by atoms with Gasteiger partial charge in [-0.15, -0.1) is 0 Å². The van der Waals surface area contributed by atoms with Crippen LogP contribution in [-0.2, 0) is 9.05 Å². The summed E-state index contributed by atoms with van der Waals surface area (Å²) in [6, 6.07) is 1.95. The van der Waals surface area contributed by atoms with Crippen LogP contribution in [0, 0.1) is 17.6 Å². The maximum absolute atomic E-state index is 13.6. The van der Waals surface area contributed by atoms with Crippen LogP contribution in [0.5, 0.6) is 5.75 Å². The van der Waals surface area contributed by atoms with Crippen molar-refractivity contribution in [3.63, 3.8) is 0 Å². The van der Waals surface area contributed by atoms with Crippen molar-refractivity contribution in [3.05, 3.63) is 23.8 Å². The number of hydrogen-bond donors (Lipinski definition) is 0. The molecule has 0 aliphatic rings. The van der Waals surface area contributed by atoms with Crippen LogP contribution in [0.1, 0.15) is 26.7 Å². The highest BCUT2D eigenvalue weighted by molar-refractivity contribution is 8.13. The van der Waals surface area contributed by atoms with E-state index >= 15 is 0 Å². The summed E-state index contributed by atoms with van der Waals surface area (Å²) in [7, 11) is 0.667. The van der Waals surface area contributed by atoms with Gasteiger partial charge in [0.2, 0.25) is 5.82 Å². The third-order valence-electron chi connectivity index (χ3n) is 2.46. The Morgan fingerprint density at radius 1 is 1.26 bits per heavy atom. The maximum Gasteiger partial charge on any atom is 0.264 e. The highest BCUT2D eigenvalue weighted by Crippen LogP contribution is 2.27. The minimum absolute atomic E-state index is 0.238. The van der Waals surface area contributed by atoms with Crippen LogP contribution in [0.25, 0.3) is 0 Å². The molecule has 7 heteroatoms. The predicted octanol–water partition coefficient (Wildman–Crippen LogP) is 3.71. The van der Waals surface area contributed by atoms with E-state index in [9.17, 15) is 17.2 Å². The minimum atomic E-state index is -4.31. The standard InChI is InChI=1S/C12H15ClF2O3S/c1-8(2)4-3-7-18-9-5-6-10(19(13,16)17)12(15)11(9)14/h5-6,8H,3-4,7H2,1-2H3. The molecule has 0 saturated heterocycles. The van der Waals surface area contributed by atoms with Crippen LogP contribution in [0.3, 0.4) is 0 Å². The average Bonchev–Trinajstić information content (AvgIpc) is 2.27. The zero-order chi connectivity index (χ0) is 14.6. The van der Waals surface area contributed by atoms with Gasteiger partial charge in [0, 0.05) is 10.7 Å². The second-order valence-corrected chi connectivity index (χ2v) is 7.05. The largest absolute Gasteiger partial charge is 0.490 e. The van der Waals surface area contributed by atoms with Gasteiger partial charge >= 0.3 is 0 Å². The fraction of sp³-hybridized carbons (Fsp3) is 0.500. The van der Waals surface area contributed by atoms with E-state index in [2.05, 4.69) is 0 Å². The molecule has 1 aromatic rings. The van der Waals surface area contributed by atoms with Crippen molar-refractivity contribution in [2.24, 2.45) is 5.92 Å². The third-order valence-corrected chi connectivity index (χ3v) is 3.80. The summed E-state index contributed by atoms with van der Waals surface area (Å²) in [6.45, 7) is 4.32.